The van der Waals surface area contributed by atoms with Gasteiger partial charge in [-0.25, -0.2) is 0 Å². The summed E-state index contributed by atoms with van der Waals surface area (Å²) in [6.45, 7) is 0.477. The predicted molar refractivity (Wildman–Crippen MR) is 72.4 cm³/mol. The van der Waals surface area contributed by atoms with Gasteiger partial charge in [0, 0.05) is 13.0 Å². The monoisotopic (exact) mass is 295 g/mol. The number of terminal acetylenes is 1. The van der Waals surface area contributed by atoms with E-state index in [0.717, 1.165) is 12.1 Å². The molecule has 0 saturated carbocycles. The number of rotatable bonds is 3. The Kier molecular flexibility index (Phi) is 4.17. The van der Waals surface area contributed by atoms with Crippen molar-refractivity contribution < 1.29 is 18.0 Å². The highest BCUT2D eigenvalue weighted by molar-refractivity contribution is 5.93. The summed E-state index contributed by atoms with van der Waals surface area (Å²) in [7, 11) is 0. The van der Waals surface area contributed by atoms with E-state index in [1.807, 2.05) is 0 Å². The van der Waals surface area contributed by atoms with E-state index in [2.05, 4.69) is 11.0 Å². The van der Waals surface area contributed by atoms with E-state index in [0.29, 0.717) is 30.9 Å². The van der Waals surface area contributed by atoms with Crippen LogP contribution < -0.4 is 5.01 Å². The van der Waals surface area contributed by atoms with Crippen LogP contribution in [-0.4, -0.2) is 30.2 Å². The lowest BCUT2D eigenvalue weighted by molar-refractivity contribution is -0.137. The van der Waals surface area contributed by atoms with Gasteiger partial charge < -0.3 is 0 Å². The van der Waals surface area contributed by atoms with Crippen molar-refractivity contribution in [2.45, 2.75) is 12.6 Å². The van der Waals surface area contributed by atoms with Gasteiger partial charge in [-0.05, 0) is 18.2 Å². The van der Waals surface area contributed by atoms with Crippen molar-refractivity contribution in [1.29, 1.82) is 0 Å². The van der Waals surface area contributed by atoms with Crippen LogP contribution in [0.5, 0.6) is 0 Å². The number of hydrogen-bond donors (Lipinski definition) is 0. The molecular weight excluding hydrogens is 283 g/mol. The molecule has 0 N–H and O–H groups in total. The van der Waals surface area contributed by atoms with Crippen LogP contribution in [0, 0.1) is 12.3 Å². The molecular formula is C14H12F3N3O. The molecule has 0 aromatic heterocycles. The van der Waals surface area contributed by atoms with Crippen molar-refractivity contribution in [3.8, 4) is 12.3 Å². The van der Waals surface area contributed by atoms with Crippen LogP contribution in [0.3, 0.4) is 0 Å². The molecule has 0 unspecified atom stereocenters. The number of hydrazone groups is 1. The SMILES string of the molecule is C#CCN(C=O)C1=NN(c2cccc(C(F)(F)F)c2)CC1. The van der Waals surface area contributed by atoms with E-state index in [1.165, 1.54) is 22.0 Å². The predicted octanol–water partition coefficient (Wildman–Crippen LogP) is 2.32. The lowest BCUT2D eigenvalue weighted by Gasteiger charge is -2.16. The van der Waals surface area contributed by atoms with E-state index in [4.69, 9.17) is 6.42 Å². The molecule has 1 aliphatic heterocycles. The fourth-order valence-electron chi connectivity index (χ4n) is 1.96. The number of hydrogen-bond acceptors (Lipinski definition) is 3. The third kappa shape index (κ3) is 3.34. The Morgan fingerprint density at radius 2 is 2.24 bits per heavy atom. The maximum absolute atomic E-state index is 12.7. The van der Waals surface area contributed by atoms with Crippen molar-refractivity contribution in [2.75, 3.05) is 18.1 Å². The molecule has 1 aliphatic rings. The minimum atomic E-state index is -4.40. The summed E-state index contributed by atoms with van der Waals surface area (Å²) in [6.07, 6.45) is 1.74. The van der Waals surface area contributed by atoms with Crippen LogP contribution in [0.4, 0.5) is 18.9 Å². The van der Waals surface area contributed by atoms with Crippen molar-refractivity contribution >= 4 is 17.9 Å². The van der Waals surface area contributed by atoms with E-state index in [-0.39, 0.29) is 6.54 Å². The van der Waals surface area contributed by atoms with Gasteiger partial charge >= 0.3 is 6.18 Å². The second-order valence-corrected chi connectivity index (χ2v) is 4.37. The van der Waals surface area contributed by atoms with Crippen LogP contribution in [0.25, 0.3) is 0 Å². The Morgan fingerprint density at radius 1 is 1.48 bits per heavy atom. The van der Waals surface area contributed by atoms with Crippen LogP contribution in [0.2, 0.25) is 0 Å². The quantitative estimate of drug-likeness (QED) is 0.634. The highest BCUT2D eigenvalue weighted by atomic mass is 19.4. The number of benzene rings is 1. The van der Waals surface area contributed by atoms with Gasteiger partial charge in [0.05, 0.1) is 17.8 Å². The summed E-state index contributed by atoms with van der Waals surface area (Å²) < 4.78 is 38.1. The average Bonchev–Trinajstić information content (AvgIpc) is 2.93. The summed E-state index contributed by atoms with van der Waals surface area (Å²) in [5.41, 5.74) is -0.411. The number of halogens is 3. The molecule has 0 aliphatic carbocycles. The van der Waals surface area contributed by atoms with Crippen LogP contribution >= 0.6 is 0 Å². The molecule has 7 heteroatoms. The summed E-state index contributed by atoms with van der Waals surface area (Å²) in [5.74, 6) is 2.77. The molecule has 0 spiro atoms. The highest BCUT2D eigenvalue weighted by Gasteiger charge is 2.31. The maximum atomic E-state index is 12.7. The van der Waals surface area contributed by atoms with Crippen molar-refractivity contribution in [3.05, 3.63) is 29.8 Å². The first-order chi connectivity index (χ1) is 9.95. The van der Waals surface area contributed by atoms with Gasteiger partial charge in [0.15, 0.2) is 0 Å². The molecule has 2 rings (SSSR count). The van der Waals surface area contributed by atoms with Crippen molar-refractivity contribution in [1.82, 2.24) is 4.90 Å². The smallest absolute Gasteiger partial charge is 0.290 e. The summed E-state index contributed by atoms with van der Waals surface area (Å²) >= 11 is 0. The second-order valence-electron chi connectivity index (χ2n) is 4.37. The zero-order valence-electron chi connectivity index (χ0n) is 11.0. The minimum Gasteiger partial charge on any atom is -0.290 e. The minimum absolute atomic E-state index is 0.0821. The van der Waals surface area contributed by atoms with Crippen molar-refractivity contribution in [2.24, 2.45) is 5.10 Å². The Hall–Kier alpha value is -2.49. The van der Waals surface area contributed by atoms with Gasteiger partial charge in [0.2, 0.25) is 6.41 Å². The topological polar surface area (TPSA) is 35.9 Å². The number of anilines is 1. The zero-order chi connectivity index (χ0) is 15.5. The molecule has 0 radical (unpaired) electrons. The third-order valence-electron chi connectivity index (χ3n) is 2.98. The number of carbonyl (C=O) groups excluding carboxylic acids is 1. The fraction of sp³-hybridized carbons (Fsp3) is 0.286. The highest BCUT2D eigenvalue weighted by Crippen LogP contribution is 2.32. The lowest BCUT2D eigenvalue weighted by atomic mass is 10.2. The normalized spacial score (nSPS) is 14.6. The van der Waals surface area contributed by atoms with E-state index >= 15 is 0 Å². The van der Waals surface area contributed by atoms with Crippen LogP contribution in [-0.2, 0) is 11.0 Å². The van der Waals surface area contributed by atoms with Crippen LogP contribution in [0.1, 0.15) is 12.0 Å². The Morgan fingerprint density at radius 3 is 2.86 bits per heavy atom. The molecule has 110 valence electrons. The van der Waals surface area contributed by atoms with Crippen LogP contribution in [0.15, 0.2) is 29.4 Å². The van der Waals surface area contributed by atoms with Gasteiger partial charge in [-0.2, -0.15) is 18.3 Å². The Balaban J connectivity index is 2.23. The van der Waals surface area contributed by atoms with Crippen molar-refractivity contribution in [3.63, 3.8) is 0 Å². The summed E-state index contributed by atoms with van der Waals surface area (Å²) in [4.78, 5) is 12.2. The standard InChI is InChI=1S/C14H12F3N3O/c1-2-7-19(10-21)13-6-8-20(18-13)12-5-3-4-11(9-12)14(15,16)17/h1,3-5,9-10H,6-8H2. The molecule has 0 fully saturated rings. The van der Waals surface area contributed by atoms with Gasteiger partial charge in [-0.1, -0.05) is 12.0 Å². The second kappa shape index (κ2) is 5.87. The maximum Gasteiger partial charge on any atom is 0.416 e. The largest absolute Gasteiger partial charge is 0.416 e. The Labute approximate surface area is 119 Å². The molecule has 0 saturated heterocycles. The lowest BCUT2D eigenvalue weighted by Crippen LogP contribution is -2.28. The number of amidine groups is 1. The molecule has 1 amide bonds. The van der Waals surface area contributed by atoms with E-state index in [9.17, 15) is 18.0 Å². The molecule has 0 atom stereocenters. The number of nitrogens with zero attached hydrogens (tertiary/aromatic N) is 3. The first-order valence-electron chi connectivity index (χ1n) is 6.13. The molecule has 21 heavy (non-hydrogen) atoms. The Bertz CT molecular complexity index is 604. The molecule has 1 aromatic rings. The zero-order valence-corrected chi connectivity index (χ0v) is 11.0. The van der Waals surface area contributed by atoms with E-state index < -0.39 is 11.7 Å². The van der Waals surface area contributed by atoms with Gasteiger partial charge in [-0.3, -0.25) is 14.7 Å². The third-order valence-corrected chi connectivity index (χ3v) is 2.98. The average molecular weight is 295 g/mol. The van der Waals surface area contributed by atoms with Gasteiger partial charge in [0.1, 0.15) is 5.84 Å². The molecule has 4 nitrogen and oxygen atoms in total. The van der Waals surface area contributed by atoms with Gasteiger partial charge in [-0.15, -0.1) is 6.42 Å². The molecule has 1 heterocycles. The number of amides is 1. The first-order valence-corrected chi connectivity index (χ1v) is 6.13. The number of alkyl halides is 3. The number of carbonyl (C=O) groups is 1. The van der Waals surface area contributed by atoms with Gasteiger partial charge in [0.25, 0.3) is 0 Å². The van der Waals surface area contributed by atoms with E-state index in [1.54, 1.807) is 0 Å². The first kappa shape index (κ1) is 14.9. The molecule has 0 bridgehead atoms. The fourth-order valence-corrected chi connectivity index (χ4v) is 1.96. The molecule has 1 aromatic carbocycles. The summed E-state index contributed by atoms with van der Waals surface area (Å²) in [5, 5.41) is 5.58. The summed E-state index contributed by atoms with van der Waals surface area (Å²) in [6, 6.07) is 4.89.